The Morgan fingerprint density at radius 2 is 2.06 bits per heavy atom. The van der Waals surface area contributed by atoms with E-state index in [9.17, 15) is 14.9 Å². The Hall–Kier alpha value is -3.70. The molecule has 8 nitrogen and oxygen atoms in total. The van der Waals surface area contributed by atoms with Crippen LogP contribution < -0.4 is 10.6 Å². The minimum absolute atomic E-state index is 0.133. The summed E-state index contributed by atoms with van der Waals surface area (Å²) in [6.45, 7) is 1.37. The number of hydrogen-bond acceptors (Lipinski definition) is 5. The predicted molar refractivity (Wildman–Crippen MR) is 113 cm³/mol. The summed E-state index contributed by atoms with van der Waals surface area (Å²) in [5.41, 5.74) is 3.48. The summed E-state index contributed by atoms with van der Waals surface area (Å²) in [4.78, 5) is 32.8. The van der Waals surface area contributed by atoms with E-state index < -0.39 is 0 Å². The maximum atomic E-state index is 12.9. The fraction of sp³-hybridized carbons (Fsp3) is 0.304. The quantitative estimate of drug-likeness (QED) is 0.587. The van der Waals surface area contributed by atoms with E-state index >= 15 is 0 Å². The molecule has 0 spiro atoms. The van der Waals surface area contributed by atoms with Gasteiger partial charge in [0, 0.05) is 59.7 Å². The van der Waals surface area contributed by atoms with Crippen molar-refractivity contribution in [1.29, 1.82) is 5.26 Å². The summed E-state index contributed by atoms with van der Waals surface area (Å²) < 4.78 is 5.38. The molecule has 2 aliphatic rings. The van der Waals surface area contributed by atoms with E-state index in [0.29, 0.717) is 48.3 Å². The fourth-order valence-electron chi connectivity index (χ4n) is 4.43. The first-order valence-electron chi connectivity index (χ1n) is 10.2. The van der Waals surface area contributed by atoms with E-state index in [4.69, 9.17) is 4.74 Å². The molecule has 3 aromatic rings. The van der Waals surface area contributed by atoms with Crippen LogP contribution in [-0.4, -0.2) is 48.1 Å². The maximum absolute atomic E-state index is 12.9. The minimum Gasteiger partial charge on any atom is -0.381 e. The van der Waals surface area contributed by atoms with Gasteiger partial charge in [-0.05, 0) is 23.8 Å². The summed E-state index contributed by atoms with van der Waals surface area (Å²) in [5, 5.41) is 15.9. The van der Waals surface area contributed by atoms with Crippen molar-refractivity contribution in [2.75, 3.05) is 20.3 Å². The van der Waals surface area contributed by atoms with Gasteiger partial charge in [-0.25, -0.2) is 4.98 Å². The molecule has 31 heavy (non-hydrogen) atoms. The van der Waals surface area contributed by atoms with Crippen molar-refractivity contribution in [2.45, 2.75) is 12.5 Å². The van der Waals surface area contributed by atoms with Gasteiger partial charge in [0.1, 0.15) is 11.8 Å². The lowest BCUT2D eigenvalue weighted by atomic mass is 10.0. The zero-order valence-corrected chi connectivity index (χ0v) is 16.9. The van der Waals surface area contributed by atoms with Gasteiger partial charge in [-0.1, -0.05) is 12.1 Å². The predicted octanol–water partition coefficient (Wildman–Crippen LogP) is 1.76. The highest BCUT2D eigenvalue weighted by Crippen LogP contribution is 2.44. The van der Waals surface area contributed by atoms with E-state index in [1.807, 2.05) is 18.2 Å². The molecule has 1 saturated carbocycles. The molecule has 2 aromatic heterocycles. The molecular formula is C23H21N5O3. The molecule has 0 bridgehead atoms. The number of aromatic amines is 1. The van der Waals surface area contributed by atoms with Gasteiger partial charge < -0.3 is 20.4 Å². The van der Waals surface area contributed by atoms with Crippen LogP contribution >= 0.6 is 0 Å². The number of hydrogen-bond donors (Lipinski definition) is 3. The average Bonchev–Trinajstić information content (AvgIpc) is 3.16. The first kappa shape index (κ1) is 19.3. The summed E-state index contributed by atoms with van der Waals surface area (Å²) >= 11 is 0. The van der Waals surface area contributed by atoms with Gasteiger partial charge in [-0.15, -0.1) is 0 Å². The molecule has 1 saturated heterocycles. The Kier molecular flexibility index (Phi) is 4.68. The molecule has 1 aromatic carbocycles. The monoisotopic (exact) mass is 415 g/mol. The molecule has 3 heterocycles. The molecular weight excluding hydrogens is 394 g/mol. The van der Waals surface area contributed by atoms with Gasteiger partial charge in [0.25, 0.3) is 11.8 Å². The molecule has 0 unspecified atom stereocenters. The average molecular weight is 415 g/mol. The van der Waals surface area contributed by atoms with Gasteiger partial charge in [0.15, 0.2) is 0 Å². The second-order valence-corrected chi connectivity index (χ2v) is 8.01. The second kappa shape index (κ2) is 7.52. The lowest BCUT2D eigenvalue weighted by Crippen LogP contribution is -2.30. The Morgan fingerprint density at radius 1 is 1.26 bits per heavy atom. The topological polar surface area (TPSA) is 120 Å². The Labute approximate surface area is 178 Å². The number of pyridine rings is 1. The standard InChI is InChI=1S/C23H21N5O3/c1-25-23(30)19-7-13(22(29)28-21-16-10-31-11-17(16)21)6-15(27-19)5-12-3-2-4-18-20(12)14(8-24)9-26-18/h2-4,6-7,9,16-17,21,26H,5,10-11H2,1H3,(H,25,30)(H,28,29)/t16-,17+,21+. The van der Waals surface area contributed by atoms with Gasteiger partial charge >= 0.3 is 0 Å². The van der Waals surface area contributed by atoms with Crippen LogP contribution in [0.25, 0.3) is 10.9 Å². The van der Waals surface area contributed by atoms with Crippen LogP contribution in [0.3, 0.4) is 0 Å². The number of carbonyl (C=O) groups excluding carboxylic acids is 2. The number of H-pyrrole nitrogens is 1. The van der Waals surface area contributed by atoms with Crippen LogP contribution in [0, 0.1) is 23.2 Å². The number of carbonyl (C=O) groups is 2. The van der Waals surface area contributed by atoms with Crippen molar-refractivity contribution in [3.63, 3.8) is 0 Å². The zero-order valence-electron chi connectivity index (χ0n) is 16.9. The fourth-order valence-corrected chi connectivity index (χ4v) is 4.43. The number of fused-ring (bicyclic) bond motifs is 2. The summed E-state index contributed by atoms with van der Waals surface area (Å²) in [7, 11) is 1.53. The Balaban J connectivity index is 1.48. The van der Waals surface area contributed by atoms with Crippen molar-refractivity contribution >= 4 is 22.7 Å². The molecule has 156 valence electrons. The minimum atomic E-state index is -0.356. The van der Waals surface area contributed by atoms with Crippen LogP contribution in [0.4, 0.5) is 0 Å². The molecule has 3 atom stereocenters. The van der Waals surface area contributed by atoms with Crippen molar-refractivity contribution in [3.8, 4) is 6.07 Å². The van der Waals surface area contributed by atoms with Gasteiger partial charge in [-0.2, -0.15) is 5.26 Å². The molecule has 2 amide bonds. The second-order valence-electron chi connectivity index (χ2n) is 8.01. The van der Waals surface area contributed by atoms with Crippen LogP contribution in [-0.2, 0) is 11.2 Å². The highest BCUT2D eigenvalue weighted by molar-refractivity contribution is 5.99. The van der Waals surface area contributed by atoms with Crippen LogP contribution in [0.2, 0.25) is 0 Å². The van der Waals surface area contributed by atoms with Gasteiger partial charge in [0.05, 0.1) is 18.8 Å². The van der Waals surface area contributed by atoms with Gasteiger partial charge in [-0.3, -0.25) is 9.59 Å². The lowest BCUT2D eigenvalue weighted by Gasteiger charge is -2.11. The first-order chi connectivity index (χ1) is 15.1. The largest absolute Gasteiger partial charge is 0.381 e. The van der Waals surface area contributed by atoms with E-state index in [-0.39, 0.29) is 23.6 Å². The number of nitrogens with zero attached hydrogens (tertiary/aromatic N) is 2. The zero-order chi connectivity index (χ0) is 21.5. The van der Waals surface area contributed by atoms with E-state index in [0.717, 1.165) is 16.5 Å². The van der Waals surface area contributed by atoms with Crippen molar-refractivity contribution in [2.24, 2.45) is 11.8 Å². The highest BCUT2D eigenvalue weighted by Gasteiger charge is 2.54. The molecule has 1 aliphatic heterocycles. The van der Waals surface area contributed by atoms with Crippen molar-refractivity contribution < 1.29 is 14.3 Å². The number of benzene rings is 1. The molecule has 0 radical (unpaired) electrons. The molecule has 8 heteroatoms. The number of nitrogens with one attached hydrogen (secondary N) is 3. The molecule has 2 fully saturated rings. The summed E-state index contributed by atoms with van der Waals surface area (Å²) in [5.74, 6) is 0.203. The van der Waals surface area contributed by atoms with Gasteiger partial charge in [0.2, 0.25) is 0 Å². The van der Waals surface area contributed by atoms with Crippen LogP contribution in [0.15, 0.2) is 36.5 Å². The number of amides is 2. The summed E-state index contributed by atoms with van der Waals surface area (Å²) in [6.07, 6.45) is 2.06. The van der Waals surface area contributed by atoms with Crippen molar-refractivity contribution in [1.82, 2.24) is 20.6 Å². The molecule has 5 rings (SSSR count). The Bertz CT molecular complexity index is 1230. The third kappa shape index (κ3) is 3.43. The highest BCUT2D eigenvalue weighted by atomic mass is 16.5. The third-order valence-corrected chi connectivity index (χ3v) is 6.13. The molecule has 1 aliphatic carbocycles. The third-order valence-electron chi connectivity index (χ3n) is 6.13. The number of aromatic nitrogens is 2. The van der Waals surface area contributed by atoms with E-state index in [1.165, 1.54) is 13.1 Å². The lowest BCUT2D eigenvalue weighted by molar-refractivity contribution is 0.0928. The maximum Gasteiger partial charge on any atom is 0.269 e. The van der Waals surface area contributed by atoms with Crippen LogP contribution in [0.1, 0.15) is 37.7 Å². The normalized spacial score (nSPS) is 21.4. The molecule has 3 N–H and O–H groups in total. The van der Waals surface area contributed by atoms with E-state index in [2.05, 4.69) is 26.7 Å². The Morgan fingerprint density at radius 3 is 2.81 bits per heavy atom. The van der Waals surface area contributed by atoms with Crippen molar-refractivity contribution in [3.05, 3.63) is 64.6 Å². The number of nitriles is 1. The SMILES string of the molecule is CNC(=O)c1cc(C(=O)N[C@H]2[C@@H]3COC[C@@H]32)cc(Cc2cccc3[nH]cc(C#N)c23)n1. The number of ether oxygens (including phenoxy) is 1. The van der Waals surface area contributed by atoms with Crippen LogP contribution in [0.5, 0.6) is 0 Å². The summed E-state index contributed by atoms with van der Waals surface area (Å²) in [6, 6.07) is 11.3. The smallest absolute Gasteiger partial charge is 0.269 e. The first-order valence-corrected chi connectivity index (χ1v) is 10.2. The number of rotatable bonds is 5. The van der Waals surface area contributed by atoms with E-state index in [1.54, 1.807) is 12.3 Å².